The van der Waals surface area contributed by atoms with Gasteiger partial charge in [0.1, 0.15) is 11.6 Å². The van der Waals surface area contributed by atoms with Gasteiger partial charge < -0.3 is 33.8 Å². The van der Waals surface area contributed by atoms with E-state index in [1.807, 2.05) is 25.4 Å². The van der Waals surface area contributed by atoms with Crippen molar-refractivity contribution in [2.75, 3.05) is 52.5 Å². The second kappa shape index (κ2) is 22.5. The Labute approximate surface area is 401 Å². The number of amides is 1. The van der Waals surface area contributed by atoms with Gasteiger partial charge in [0.2, 0.25) is 0 Å². The monoisotopic (exact) mass is 938 g/mol. The van der Waals surface area contributed by atoms with Crippen molar-refractivity contribution in [3.05, 3.63) is 118 Å². The van der Waals surface area contributed by atoms with E-state index in [4.69, 9.17) is 19.0 Å². The van der Waals surface area contributed by atoms with Crippen LogP contribution in [0.15, 0.2) is 88.2 Å². The van der Waals surface area contributed by atoms with E-state index >= 15 is 4.39 Å². The van der Waals surface area contributed by atoms with Crippen molar-refractivity contribution in [3.63, 3.8) is 0 Å². The Bertz CT molecular complexity index is 2930. The van der Waals surface area contributed by atoms with Gasteiger partial charge in [-0.3, -0.25) is 9.69 Å². The van der Waals surface area contributed by atoms with Crippen LogP contribution in [0.5, 0.6) is 5.75 Å². The number of benzene rings is 4. The van der Waals surface area contributed by atoms with E-state index in [1.54, 1.807) is 17.4 Å². The molecule has 1 saturated heterocycles. The molecule has 9 rings (SSSR count). The molecule has 0 aliphatic carbocycles. The molecule has 12 nitrogen and oxygen atoms in total. The number of unbranched alkanes of at least 4 members (excludes halogenated alkanes) is 5. The number of aromatic nitrogens is 5. The number of thiazole rings is 1. The number of imidazole rings is 1. The standard InChI is InChI=1S/C54H63FN8O4S/c1-4-62-48-17-11-40(29-44(48)43-16-14-41(32-50(43)62)47-35-68-36-58-47)33-56-21-9-7-5-6-8-10-22-57-53(64)34-66-51-19-12-39(30-45(51)55)13-20-52-59-46-31-42(54-37(2)60-67-38(54)3)15-18-49(46)63(52)24-23-61-25-27-65-28-26-61/h11-12,14-19,29-32,35-36,56H,4-10,13,20-28,33-34H2,1-3H3,(H,57,64). The van der Waals surface area contributed by atoms with Crippen LogP contribution in [0.25, 0.3) is 55.2 Å². The zero-order valence-corrected chi connectivity index (χ0v) is 40.4. The van der Waals surface area contributed by atoms with E-state index in [0.29, 0.717) is 19.4 Å². The van der Waals surface area contributed by atoms with Gasteiger partial charge in [-0.1, -0.05) is 61.2 Å². The number of fused-ring (bicyclic) bond motifs is 4. The molecule has 0 spiro atoms. The van der Waals surface area contributed by atoms with Crippen LogP contribution in [0.3, 0.4) is 0 Å². The predicted octanol–water partition coefficient (Wildman–Crippen LogP) is 10.4. The lowest BCUT2D eigenvalue weighted by atomic mass is 10.0. The summed E-state index contributed by atoms with van der Waals surface area (Å²) >= 11 is 1.63. The van der Waals surface area contributed by atoms with Crippen molar-refractivity contribution in [2.45, 2.75) is 91.8 Å². The van der Waals surface area contributed by atoms with Crippen LogP contribution >= 0.6 is 11.3 Å². The Morgan fingerprint density at radius 1 is 0.809 bits per heavy atom. The lowest BCUT2D eigenvalue weighted by Gasteiger charge is -2.27. The summed E-state index contributed by atoms with van der Waals surface area (Å²) in [6.45, 7) is 14.2. The van der Waals surface area contributed by atoms with Crippen LogP contribution in [0.1, 0.15) is 73.9 Å². The van der Waals surface area contributed by atoms with Gasteiger partial charge in [0.25, 0.3) is 5.91 Å². The first kappa shape index (κ1) is 47.1. The summed E-state index contributed by atoms with van der Waals surface area (Å²) in [6, 6.07) is 24.9. The molecule has 14 heteroatoms. The second-order valence-corrected chi connectivity index (χ2v) is 18.7. The molecule has 0 saturated carbocycles. The van der Waals surface area contributed by atoms with E-state index in [1.165, 1.54) is 46.3 Å². The Morgan fingerprint density at radius 3 is 2.38 bits per heavy atom. The number of morpholine rings is 1. The van der Waals surface area contributed by atoms with E-state index in [-0.39, 0.29) is 18.3 Å². The summed E-state index contributed by atoms with van der Waals surface area (Å²) < 4.78 is 36.6. The lowest BCUT2D eigenvalue weighted by molar-refractivity contribution is -0.123. The quantitative estimate of drug-likeness (QED) is 0.0603. The number of aryl methyl sites for hydroxylation is 5. The Balaban J connectivity index is 0.667. The molecule has 1 amide bonds. The van der Waals surface area contributed by atoms with Crippen molar-refractivity contribution in [3.8, 4) is 28.1 Å². The van der Waals surface area contributed by atoms with Gasteiger partial charge in [0.05, 0.1) is 41.1 Å². The molecule has 2 N–H and O–H groups in total. The van der Waals surface area contributed by atoms with E-state index in [2.05, 4.69) is 102 Å². The minimum absolute atomic E-state index is 0.0751. The summed E-state index contributed by atoms with van der Waals surface area (Å²) in [6.07, 6.45) is 7.79. The summed E-state index contributed by atoms with van der Waals surface area (Å²) in [7, 11) is 0. The zero-order valence-electron chi connectivity index (χ0n) is 39.6. The van der Waals surface area contributed by atoms with Gasteiger partial charge in [0.15, 0.2) is 18.2 Å². The SMILES string of the molecule is CCn1c2ccc(CNCCCCCCCCNC(=O)COc3ccc(CCc4nc5cc(-c6c(C)noc6C)ccc5n4CCN4CCOCC4)cc3F)cc2c2ccc(-c3cscn3)cc21. The van der Waals surface area contributed by atoms with Crippen molar-refractivity contribution < 1.29 is 23.2 Å². The summed E-state index contributed by atoms with van der Waals surface area (Å²) in [5.41, 5.74) is 13.6. The Hall–Kier alpha value is -5.93. The highest BCUT2D eigenvalue weighted by Gasteiger charge is 2.19. The minimum atomic E-state index is -0.477. The van der Waals surface area contributed by atoms with Crippen LogP contribution in [0.2, 0.25) is 0 Å². The molecule has 1 fully saturated rings. The maximum atomic E-state index is 15.3. The maximum absolute atomic E-state index is 15.3. The number of hydrogen-bond donors (Lipinski definition) is 2. The second-order valence-electron chi connectivity index (χ2n) is 17.9. The predicted molar refractivity (Wildman–Crippen MR) is 270 cm³/mol. The number of carbonyl (C=O) groups is 1. The highest BCUT2D eigenvalue weighted by Crippen LogP contribution is 2.34. The molecule has 68 heavy (non-hydrogen) atoms. The fourth-order valence-electron chi connectivity index (χ4n) is 9.66. The van der Waals surface area contributed by atoms with E-state index in [0.717, 1.165) is 141 Å². The van der Waals surface area contributed by atoms with Gasteiger partial charge in [-0.25, -0.2) is 14.4 Å². The van der Waals surface area contributed by atoms with Gasteiger partial charge in [-0.2, -0.15) is 0 Å². The van der Waals surface area contributed by atoms with Gasteiger partial charge in [0, 0.05) is 90.5 Å². The van der Waals surface area contributed by atoms with Crippen molar-refractivity contribution in [1.29, 1.82) is 0 Å². The number of halogens is 1. The first-order valence-electron chi connectivity index (χ1n) is 24.4. The molecule has 0 radical (unpaired) electrons. The van der Waals surface area contributed by atoms with E-state index < -0.39 is 5.82 Å². The molecule has 356 valence electrons. The van der Waals surface area contributed by atoms with Gasteiger partial charge in [-0.05, 0) is 106 Å². The first-order valence-corrected chi connectivity index (χ1v) is 25.3. The topological polar surface area (TPSA) is 125 Å². The fraction of sp³-hybridized carbons (Fsp3) is 0.407. The molecule has 4 aromatic carbocycles. The smallest absolute Gasteiger partial charge is 0.257 e. The molecule has 4 aromatic heterocycles. The lowest BCUT2D eigenvalue weighted by Crippen LogP contribution is -2.38. The van der Waals surface area contributed by atoms with Gasteiger partial charge >= 0.3 is 0 Å². The molecule has 1 aliphatic heterocycles. The molecular weight excluding hydrogens is 876 g/mol. The van der Waals surface area contributed by atoms with Crippen LogP contribution in [0.4, 0.5) is 4.39 Å². The Kier molecular flexibility index (Phi) is 15.6. The first-order chi connectivity index (χ1) is 33.3. The summed E-state index contributed by atoms with van der Waals surface area (Å²) in [5, 5.41) is 15.4. The number of ether oxygens (including phenoxy) is 2. The largest absolute Gasteiger partial charge is 0.481 e. The van der Waals surface area contributed by atoms with Crippen molar-refractivity contribution in [1.82, 2.24) is 39.8 Å². The van der Waals surface area contributed by atoms with Crippen molar-refractivity contribution >= 4 is 50.1 Å². The molecule has 0 bridgehead atoms. The highest BCUT2D eigenvalue weighted by molar-refractivity contribution is 7.07. The van der Waals surface area contributed by atoms with E-state index in [9.17, 15) is 4.79 Å². The minimum Gasteiger partial charge on any atom is -0.481 e. The average molecular weight is 939 g/mol. The molecule has 0 atom stereocenters. The molecule has 1 aliphatic rings. The molecule has 0 unspecified atom stereocenters. The van der Waals surface area contributed by atoms with Crippen molar-refractivity contribution in [2.24, 2.45) is 0 Å². The third-order valence-electron chi connectivity index (χ3n) is 13.3. The number of rotatable bonds is 23. The molecular formula is C54H63FN8O4S. The average Bonchev–Trinajstić information content (AvgIpc) is 4.16. The van der Waals surface area contributed by atoms with Crippen LogP contribution in [-0.2, 0) is 42.0 Å². The number of nitrogens with zero attached hydrogens (tertiary/aromatic N) is 6. The van der Waals surface area contributed by atoms with Crippen LogP contribution in [0, 0.1) is 19.7 Å². The molecule has 8 aromatic rings. The normalized spacial score (nSPS) is 13.4. The third kappa shape index (κ3) is 11.2. The van der Waals surface area contributed by atoms with Gasteiger partial charge in [-0.15, -0.1) is 11.3 Å². The highest BCUT2D eigenvalue weighted by atomic mass is 32.1. The zero-order chi connectivity index (χ0) is 46.8. The fourth-order valence-corrected chi connectivity index (χ4v) is 10.2. The summed E-state index contributed by atoms with van der Waals surface area (Å²) in [4.78, 5) is 24.6. The number of hydrogen-bond acceptors (Lipinski definition) is 10. The summed E-state index contributed by atoms with van der Waals surface area (Å²) in [5.74, 6) is 1.09. The van der Waals surface area contributed by atoms with Crippen LogP contribution in [-0.4, -0.2) is 87.6 Å². The molecule has 5 heterocycles. The third-order valence-corrected chi connectivity index (χ3v) is 13.9. The number of carbonyl (C=O) groups excluding carboxylic acids is 1. The Morgan fingerprint density at radius 2 is 1.60 bits per heavy atom. The van der Waals surface area contributed by atoms with Crippen LogP contribution < -0.4 is 15.4 Å². The maximum Gasteiger partial charge on any atom is 0.257 e. The number of nitrogens with one attached hydrogen (secondary N) is 2.